The van der Waals surface area contributed by atoms with E-state index < -0.39 is 6.43 Å². The summed E-state index contributed by atoms with van der Waals surface area (Å²) in [5, 5.41) is 2.74. The molecule has 0 amide bonds. The molecule has 6 heteroatoms. The van der Waals surface area contributed by atoms with Crippen LogP contribution in [0.2, 0.25) is 0 Å². The zero-order valence-corrected chi connectivity index (χ0v) is 11.5. The van der Waals surface area contributed by atoms with Crippen LogP contribution in [0.4, 0.5) is 8.78 Å². The van der Waals surface area contributed by atoms with Gasteiger partial charge in [0.25, 0.3) is 6.43 Å². The van der Waals surface area contributed by atoms with Crippen LogP contribution in [-0.4, -0.2) is 34.3 Å². The lowest BCUT2D eigenvalue weighted by molar-refractivity contribution is 0.142. The smallest absolute Gasteiger partial charge is 0.250 e. The van der Waals surface area contributed by atoms with E-state index in [-0.39, 0.29) is 12.6 Å². The Morgan fingerprint density at radius 2 is 1.58 bits per heavy atom. The van der Waals surface area contributed by atoms with Crippen molar-refractivity contribution in [2.45, 2.75) is 19.4 Å². The van der Waals surface area contributed by atoms with Gasteiger partial charge in [-0.15, -0.1) is 0 Å². The van der Waals surface area contributed by atoms with Crippen molar-refractivity contribution < 1.29 is 23.0 Å². The molecule has 0 aliphatic heterocycles. The Morgan fingerprint density at radius 3 is 1.95 bits per heavy atom. The van der Waals surface area contributed by atoms with Crippen LogP contribution in [0.1, 0.15) is 18.5 Å². The van der Waals surface area contributed by atoms with E-state index in [1.54, 1.807) is 19.1 Å². The molecule has 19 heavy (non-hydrogen) atoms. The highest BCUT2D eigenvalue weighted by Crippen LogP contribution is 2.39. The molecule has 108 valence electrons. The molecular weight excluding hydrogens is 256 g/mol. The van der Waals surface area contributed by atoms with Gasteiger partial charge in [-0.05, 0) is 24.6 Å². The summed E-state index contributed by atoms with van der Waals surface area (Å²) in [6, 6.07) is 3.23. The summed E-state index contributed by atoms with van der Waals surface area (Å²) in [5.74, 6) is 1.49. The highest BCUT2D eigenvalue weighted by molar-refractivity contribution is 5.54. The maximum Gasteiger partial charge on any atom is 0.250 e. The summed E-state index contributed by atoms with van der Waals surface area (Å²) in [4.78, 5) is 0. The average molecular weight is 275 g/mol. The van der Waals surface area contributed by atoms with Crippen molar-refractivity contribution in [2.75, 3.05) is 27.9 Å². The van der Waals surface area contributed by atoms with Crippen molar-refractivity contribution >= 4 is 0 Å². The van der Waals surface area contributed by atoms with Gasteiger partial charge < -0.3 is 19.5 Å². The minimum absolute atomic E-state index is 0.247. The number of nitrogens with one attached hydrogen (secondary N) is 1. The van der Waals surface area contributed by atoms with Gasteiger partial charge in [-0.1, -0.05) is 0 Å². The van der Waals surface area contributed by atoms with Crippen LogP contribution in [0.3, 0.4) is 0 Å². The van der Waals surface area contributed by atoms with E-state index in [0.717, 1.165) is 5.56 Å². The fourth-order valence-electron chi connectivity index (χ4n) is 1.74. The molecule has 0 saturated heterocycles. The van der Waals surface area contributed by atoms with Gasteiger partial charge in [0.05, 0.1) is 27.9 Å². The molecule has 0 heterocycles. The van der Waals surface area contributed by atoms with E-state index in [2.05, 4.69) is 5.32 Å². The Hall–Kier alpha value is -1.56. The molecule has 1 aromatic carbocycles. The third kappa shape index (κ3) is 3.96. The van der Waals surface area contributed by atoms with Crippen LogP contribution in [0.15, 0.2) is 12.1 Å². The second-order valence-electron chi connectivity index (χ2n) is 3.98. The first-order chi connectivity index (χ1) is 9.03. The first-order valence-electron chi connectivity index (χ1n) is 5.84. The summed E-state index contributed by atoms with van der Waals surface area (Å²) in [6.07, 6.45) is -2.38. The average Bonchev–Trinajstić information content (AvgIpc) is 2.42. The largest absolute Gasteiger partial charge is 0.493 e. The normalized spacial score (nSPS) is 12.4. The van der Waals surface area contributed by atoms with Crippen LogP contribution in [0.25, 0.3) is 0 Å². The molecule has 1 unspecified atom stereocenters. The van der Waals surface area contributed by atoms with Gasteiger partial charge in [0.1, 0.15) is 0 Å². The molecule has 0 aliphatic rings. The lowest BCUT2D eigenvalue weighted by Gasteiger charge is -2.18. The Morgan fingerprint density at radius 1 is 1.05 bits per heavy atom. The third-order valence-electron chi connectivity index (χ3n) is 2.77. The van der Waals surface area contributed by atoms with Gasteiger partial charge in [0.15, 0.2) is 11.5 Å². The second-order valence-corrected chi connectivity index (χ2v) is 3.98. The van der Waals surface area contributed by atoms with Crippen molar-refractivity contribution in [3.63, 3.8) is 0 Å². The number of hydrogen-bond acceptors (Lipinski definition) is 4. The number of benzene rings is 1. The molecule has 1 atom stereocenters. The molecule has 0 spiro atoms. The Bertz CT molecular complexity index is 388. The number of alkyl halides is 2. The molecule has 1 aromatic rings. The summed E-state index contributed by atoms with van der Waals surface area (Å²) >= 11 is 0. The lowest BCUT2D eigenvalue weighted by atomic mass is 10.1. The monoisotopic (exact) mass is 275 g/mol. The van der Waals surface area contributed by atoms with Gasteiger partial charge in [0.2, 0.25) is 5.75 Å². The second kappa shape index (κ2) is 7.13. The SMILES string of the molecule is COc1cc(C(C)NCC(F)F)cc(OC)c1OC. The van der Waals surface area contributed by atoms with E-state index in [0.29, 0.717) is 17.2 Å². The zero-order valence-electron chi connectivity index (χ0n) is 11.5. The Labute approximate surface area is 111 Å². The molecule has 0 saturated carbocycles. The van der Waals surface area contributed by atoms with Gasteiger partial charge in [0, 0.05) is 6.04 Å². The van der Waals surface area contributed by atoms with Crippen molar-refractivity contribution in [1.82, 2.24) is 5.32 Å². The molecular formula is C13H19F2NO3. The fourth-order valence-corrected chi connectivity index (χ4v) is 1.74. The van der Waals surface area contributed by atoms with E-state index in [1.807, 2.05) is 0 Å². The summed E-state index contributed by atoms with van der Waals surface area (Å²) < 4.78 is 40.0. The predicted octanol–water partition coefficient (Wildman–Crippen LogP) is 2.63. The van der Waals surface area contributed by atoms with Crippen LogP contribution < -0.4 is 19.5 Å². The predicted molar refractivity (Wildman–Crippen MR) is 68.5 cm³/mol. The number of hydrogen-bond donors (Lipinski definition) is 1. The van der Waals surface area contributed by atoms with Crippen LogP contribution in [0, 0.1) is 0 Å². The first-order valence-corrected chi connectivity index (χ1v) is 5.84. The Balaban J connectivity index is 3.01. The molecule has 0 aliphatic carbocycles. The molecule has 0 aromatic heterocycles. The van der Waals surface area contributed by atoms with E-state index in [4.69, 9.17) is 14.2 Å². The maximum atomic E-state index is 12.2. The minimum atomic E-state index is -2.38. The summed E-state index contributed by atoms with van der Waals surface area (Å²) in [7, 11) is 4.54. The summed E-state index contributed by atoms with van der Waals surface area (Å²) in [5.41, 5.74) is 0.787. The third-order valence-corrected chi connectivity index (χ3v) is 2.77. The van der Waals surface area contributed by atoms with Crippen LogP contribution >= 0.6 is 0 Å². The van der Waals surface area contributed by atoms with Crippen molar-refractivity contribution in [2.24, 2.45) is 0 Å². The molecule has 0 fully saturated rings. The Kier molecular flexibility index (Phi) is 5.82. The van der Waals surface area contributed by atoms with E-state index >= 15 is 0 Å². The van der Waals surface area contributed by atoms with Gasteiger partial charge in [-0.25, -0.2) is 8.78 Å². The first kappa shape index (κ1) is 15.5. The minimum Gasteiger partial charge on any atom is -0.493 e. The number of ether oxygens (including phenoxy) is 3. The topological polar surface area (TPSA) is 39.7 Å². The lowest BCUT2D eigenvalue weighted by Crippen LogP contribution is -2.24. The number of rotatable bonds is 7. The van der Waals surface area contributed by atoms with Gasteiger partial charge >= 0.3 is 0 Å². The maximum absolute atomic E-state index is 12.2. The molecule has 1 N–H and O–H groups in total. The highest BCUT2D eigenvalue weighted by atomic mass is 19.3. The fraction of sp³-hybridized carbons (Fsp3) is 0.538. The number of methoxy groups -OCH3 is 3. The molecule has 0 bridgehead atoms. The molecule has 4 nitrogen and oxygen atoms in total. The zero-order chi connectivity index (χ0) is 14.4. The molecule has 0 radical (unpaired) electrons. The van der Waals surface area contributed by atoms with Gasteiger partial charge in [-0.2, -0.15) is 0 Å². The summed E-state index contributed by atoms with van der Waals surface area (Å²) in [6.45, 7) is 1.43. The van der Waals surface area contributed by atoms with Crippen molar-refractivity contribution in [1.29, 1.82) is 0 Å². The van der Waals surface area contributed by atoms with Crippen LogP contribution in [0.5, 0.6) is 17.2 Å². The van der Waals surface area contributed by atoms with Crippen molar-refractivity contribution in [3.8, 4) is 17.2 Å². The van der Waals surface area contributed by atoms with E-state index in [9.17, 15) is 8.78 Å². The van der Waals surface area contributed by atoms with Crippen LogP contribution in [-0.2, 0) is 0 Å². The van der Waals surface area contributed by atoms with E-state index in [1.165, 1.54) is 21.3 Å². The van der Waals surface area contributed by atoms with Gasteiger partial charge in [-0.3, -0.25) is 0 Å². The highest BCUT2D eigenvalue weighted by Gasteiger charge is 2.16. The molecule has 1 rings (SSSR count). The van der Waals surface area contributed by atoms with Crippen molar-refractivity contribution in [3.05, 3.63) is 17.7 Å². The quantitative estimate of drug-likeness (QED) is 0.830. The standard InChI is InChI=1S/C13H19F2NO3/c1-8(16-7-12(14)15)9-5-10(17-2)13(19-4)11(6-9)18-3/h5-6,8,12,16H,7H2,1-4H3. The number of halogens is 2.